The maximum atomic E-state index is 12.0. The highest BCUT2D eigenvalue weighted by molar-refractivity contribution is 6.44. The van der Waals surface area contributed by atoms with Gasteiger partial charge in [0.2, 0.25) is 6.10 Å². The van der Waals surface area contributed by atoms with Crippen molar-refractivity contribution in [2.75, 3.05) is 18.5 Å². The third-order valence-electron chi connectivity index (χ3n) is 3.34. The zero-order chi connectivity index (χ0) is 17.8. The molecule has 6 nitrogen and oxygen atoms in total. The van der Waals surface area contributed by atoms with E-state index in [1.54, 1.807) is 42.5 Å². The molecule has 0 saturated carbocycles. The maximum absolute atomic E-state index is 12.0. The Labute approximate surface area is 153 Å². The molecule has 0 aliphatic carbocycles. The molecular weight excluding hydrogens is 369 g/mol. The number of halogens is 2. The molecule has 1 aliphatic heterocycles. The Hall–Kier alpha value is -2.44. The van der Waals surface area contributed by atoms with Crippen molar-refractivity contribution in [3.8, 4) is 11.5 Å². The van der Waals surface area contributed by atoms with Crippen molar-refractivity contribution in [1.29, 1.82) is 0 Å². The molecule has 1 aliphatic rings. The van der Waals surface area contributed by atoms with Gasteiger partial charge in [-0.25, -0.2) is 4.79 Å². The first-order valence-electron chi connectivity index (χ1n) is 7.33. The summed E-state index contributed by atoms with van der Waals surface area (Å²) in [5.74, 6) is -0.234. The number of hydrogen-bond donors (Lipinski definition) is 1. The number of amides is 1. The molecule has 2 aromatic rings. The fourth-order valence-corrected chi connectivity index (χ4v) is 2.50. The smallest absolute Gasteiger partial charge is 0.351 e. The molecule has 0 saturated heterocycles. The number of ether oxygens (including phenoxy) is 3. The fraction of sp³-hybridized carbons (Fsp3) is 0.176. The van der Waals surface area contributed by atoms with Crippen molar-refractivity contribution < 1.29 is 23.8 Å². The lowest BCUT2D eigenvalue weighted by molar-refractivity contribution is -0.156. The Kier molecular flexibility index (Phi) is 5.31. The SMILES string of the molecule is O=C(COC(=O)[C@H]1COc2ccccc2O1)Nc1cccc(Cl)c1Cl. The van der Waals surface area contributed by atoms with Crippen molar-refractivity contribution in [2.45, 2.75) is 6.10 Å². The van der Waals surface area contributed by atoms with Crippen LogP contribution in [0, 0.1) is 0 Å². The predicted octanol–water partition coefficient (Wildman–Crippen LogP) is 3.32. The number of benzene rings is 2. The minimum atomic E-state index is -0.933. The van der Waals surface area contributed by atoms with Crippen LogP contribution in [-0.4, -0.2) is 31.2 Å². The molecule has 0 fully saturated rings. The van der Waals surface area contributed by atoms with Gasteiger partial charge < -0.3 is 19.5 Å². The number of esters is 1. The molecule has 0 aromatic heterocycles. The number of carbonyl (C=O) groups excluding carboxylic acids is 2. The Morgan fingerprint density at radius 1 is 1.12 bits per heavy atom. The summed E-state index contributed by atoms with van der Waals surface area (Å²) < 4.78 is 15.9. The summed E-state index contributed by atoms with van der Waals surface area (Å²) in [5.41, 5.74) is 0.335. The second-order valence-electron chi connectivity index (χ2n) is 5.12. The van der Waals surface area contributed by atoms with Gasteiger partial charge in [-0.05, 0) is 24.3 Å². The second kappa shape index (κ2) is 7.63. The monoisotopic (exact) mass is 381 g/mol. The molecule has 1 N–H and O–H groups in total. The summed E-state index contributed by atoms with van der Waals surface area (Å²) in [6.45, 7) is -0.471. The first kappa shape index (κ1) is 17.4. The van der Waals surface area contributed by atoms with Crippen LogP contribution in [0.5, 0.6) is 11.5 Å². The van der Waals surface area contributed by atoms with Crippen LogP contribution in [0.25, 0.3) is 0 Å². The lowest BCUT2D eigenvalue weighted by Crippen LogP contribution is -2.39. The van der Waals surface area contributed by atoms with E-state index in [9.17, 15) is 9.59 Å². The van der Waals surface area contributed by atoms with E-state index >= 15 is 0 Å². The quantitative estimate of drug-likeness (QED) is 0.822. The van der Waals surface area contributed by atoms with E-state index < -0.39 is 24.6 Å². The minimum absolute atomic E-state index is 0.0115. The lowest BCUT2D eigenvalue weighted by Gasteiger charge is -2.24. The highest BCUT2D eigenvalue weighted by Gasteiger charge is 2.29. The maximum Gasteiger partial charge on any atom is 0.351 e. The number of fused-ring (bicyclic) bond motifs is 1. The Morgan fingerprint density at radius 3 is 2.68 bits per heavy atom. The summed E-state index contributed by atoms with van der Waals surface area (Å²) in [4.78, 5) is 23.9. The van der Waals surface area contributed by atoms with Gasteiger partial charge in [-0.3, -0.25) is 4.79 Å². The van der Waals surface area contributed by atoms with Gasteiger partial charge in [-0.1, -0.05) is 41.4 Å². The molecule has 0 radical (unpaired) electrons. The molecule has 8 heteroatoms. The summed E-state index contributed by atoms with van der Waals surface area (Å²) >= 11 is 11.8. The van der Waals surface area contributed by atoms with Gasteiger partial charge in [0.1, 0.15) is 6.61 Å². The first-order valence-corrected chi connectivity index (χ1v) is 8.09. The lowest BCUT2D eigenvalue weighted by atomic mass is 10.2. The van der Waals surface area contributed by atoms with Gasteiger partial charge in [0.15, 0.2) is 18.1 Å². The van der Waals surface area contributed by atoms with Crippen molar-refractivity contribution in [3.05, 3.63) is 52.5 Å². The zero-order valence-electron chi connectivity index (χ0n) is 12.8. The molecule has 2 aromatic carbocycles. The van der Waals surface area contributed by atoms with Gasteiger partial charge in [0.25, 0.3) is 5.91 Å². The van der Waals surface area contributed by atoms with Gasteiger partial charge in [0, 0.05) is 0 Å². The second-order valence-corrected chi connectivity index (χ2v) is 5.91. The largest absolute Gasteiger partial charge is 0.485 e. The van der Waals surface area contributed by atoms with Crippen LogP contribution in [0.15, 0.2) is 42.5 Å². The van der Waals surface area contributed by atoms with Crippen LogP contribution in [0.4, 0.5) is 5.69 Å². The molecule has 25 heavy (non-hydrogen) atoms. The van der Waals surface area contributed by atoms with Crippen LogP contribution in [0.3, 0.4) is 0 Å². The van der Waals surface area contributed by atoms with Crippen molar-refractivity contribution in [1.82, 2.24) is 0 Å². The molecule has 130 valence electrons. The Balaban J connectivity index is 1.52. The Morgan fingerprint density at radius 2 is 1.88 bits per heavy atom. The highest BCUT2D eigenvalue weighted by atomic mass is 35.5. The summed E-state index contributed by atoms with van der Waals surface area (Å²) in [7, 11) is 0. The van der Waals surface area contributed by atoms with Crippen molar-refractivity contribution >= 4 is 40.8 Å². The van der Waals surface area contributed by atoms with Crippen LogP contribution in [0.2, 0.25) is 10.0 Å². The molecule has 1 amide bonds. The molecule has 0 unspecified atom stereocenters. The van der Waals surface area contributed by atoms with Crippen molar-refractivity contribution in [3.63, 3.8) is 0 Å². The normalized spacial score (nSPS) is 15.4. The number of nitrogens with one attached hydrogen (secondary N) is 1. The van der Waals surface area contributed by atoms with E-state index in [4.69, 9.17) is 37.4 Å². The summed E-state index contributed by atoms with van der Waals surface area (Å²) in [6, 6.07) is 11.8. The van der Waals surface area contributed by atoms with Crippen LogP contribution >= 0.6 is 23.2 Å². The summed E-state index contributed by atoms with van der Waals surface area (Å²) in [5, 5.41) is 3.04. The molecule has 1 heterocycles. The first-order chi connectivity index (χ1) is 12.0. The van der Waals surface area contributed by atoms with E-state index in [1.807, 2.05) is 0 Å². The van der Waals surface area contributed by atoms with E-state index in [0.717, 1.165) is 0 Å². The average Bonchev–Trinajstić information content (AvgIpc) is 2.63. The summed E-state index contributed by atoms with van der Waals surface area (Å²) in [6.07, 6.45) is -0.933. The number of carbonyl (C=O) groups is 2. The fourth-order valence-electron chi connectivity index (χ4n) is 2.15. The predicted molar refractivity (Wildman–Crippen MR) is 92.4 cm³/mol. The zero-order valence-corrected chi connectivity index (χ0v) is 14.3. The number of para-hydroxylation sites is 2. The third kappa shape index (κ3) is 4.15. The van der Waals surface area contributed by atoms with E-state index in [0.29, 0.717) is 22.2 Å². The number of rotatable bonds is 4. The highest BCUT2D eigenvalue weighted by Crippen LogP contribution is 2.31. The minimum Gasteiger partial charge on any atom is -0.485 e. The molecule has 3 rings (SSSR count). The van der Waals surface area contributed by atoms with Gasteiger partial charge >= 0.3 is 5.97 Å². The van der Waals surface area contributed by atoms with Gasteiger partial charge in [0.05, 0.1) is 15.7 Å². The molecule has 0 bridgehead atoms. The third-order valence-corrected chi connectivity index (χ3v) is 4.16. The topological polar surface area (TPSA) is 73.9 Å². The van der Waals surface area contributed by atoms with E-state index in [1.165, 1.54) is 0 Å². The Bertz CT molecular complexity index is 811. The molecular formula is C17H13Cl2NO5. The van der Waals surface area contributed by atoms with E-state index in [-0.39, 0.29) is 11.6 Å². The molecule has 0 spiro atoms. The van der Waals surface area contributed by atoms with E-state index in [2.05, 4.69) is 5.32 Å². The van der Waals surface area contributed by atoms with Gasteiger partial charge in [-0.15, -0.1) is 0 Å². The van der Waals surface area contributed by atoms with Crippen LogP contribution in [0.1, 0.15) is 0 Å². The number of anilines is 1. The van der Waals surface area contributed by atoms with Gasteiger partial charge in [-0.2, -0.15) is 0 Å². The average molecular weight is 382 g/mol. The molecule has 1 atom stereocenters. The van der Waals surface area contributed by atoms with Crippen LogP contribution in [-0.2, 0) is 14.3 Å². The van der Waals surface area contributed by atoms with Crippen molar-refractivity contribution in [2.24, 2.45) is 0 Å². The standard InChI is InChI=1S/C17H13Cl2NO5/c18-10-4-3-5-11(16(10)19)20-15(21)9-24-17(22)14-8-23-12-6-1-2-7-13(12)25-14/h1-7,14H,8-9H2,(H,20,21)/t14-/m1/s1. The van der Waals surface area contributed by atoms with Crippen LogP contribution < -0.4 is 14.8 Å². The number of hydrogen-bond acceptors (Lipinski definition) is 5.